The summed E-state index contributed by atoms with van der Waals surface area (Å²) in [5, 5.41) is 9.73. The largest absolute Gasteiger partial charge is 0.394 e. The van der Waals surface area contributed by atoms with Gasteiger partial charge in [0.05, 0.1) is 6.61 Å². The molecular formula is C23H34N2O. The molecule has 1 heterocycles. The molecule has 0 saturated heterocycles. The predicted octanol–water partition coefficient (Wildman–Crippen LogP) is 4.59. The second-order valence-electron chi connectivity index (χ2n) is 8.71. The first kappa shape index (κ1) is 20.5. The Morgan fingerprint density at radius 3 is 2.27 bits per heavy atom. The maximum Gasteiger partial charge on any atom is 0.0610 e. The van der Waals surface area contributed by atoms with Crippen LogP contribution in [0.5, 0.6) is 0 Å². The Bertz CT molecular complexity index is 705. The molecule has 1 aromatic heterocycles. The lowest BCUT2D eigenvalue weighted by atomic mass is 9.87. The fourth-order valence-electron chi connectivity index (χ4n) is 3.03. The van der Waals surface area contributed by atoms with E-state index in [1.165, 1.54) is 16.8 Å². The number of aromatic nitrogens is 1. The zero-order valence-corrected chi connectivity index (χ0v) is 17.0. The zero-order chi connectivity index (χ0) is 19.4. The highest BCUT2D eigenvalue weighted by atomic mass is 16.3. The zero-order valence-electron chi connectivity index (χ0n) is 17.0. The first-order valence-electron chi connectivity index (χ1n) is 9.37. The van der Waals surface area contributed by atoms with E-state index in [0.717, 1.165) is 19.6 Å². The Morgan fingerprint density at radius 1 is 1.08 bits per heavy atom. The smallest absolute Gasteiger partial charge is 0.0610 e. The molecule has 0 amide bonds. The molecule has 2 rings (SSSR count). The molecule has 0 fully saturated rings. The van der Waals surface area contributed by atoms with Crippen LogP contribution >= 0.6 is 0 Å². The number of aliphatic hydroxyl groups is 1. The number of hydrogen-bond acceptors (Lipinski definition) is 2. The lowest BCUT2D eigenvalue weighted by molar-refractivity contribution is 0.0589. The van der Waals surface area contributed by atoms with Crippen LogP contribution in [0.15, 0.2) is 55.3 Å². The van der Waals surface area contributed by atoms with E-state index in [4.69, 9.17) is 0 Å². The third-order valence-electron chi connectivity index (χ3n) is 5.04. The molecule has 0 spiro atoms. The van der Waals surface area contributed by atoms with Gasteiger partial charge >= 0.3 is 0 Å². The van der Waals surface area contributed by atoms with Gasteiger partial charge in [-0.05, 0) is 42.5 Å². The first-order chi connectivity index (χ1) is 12.2. The maximum atomic E-state index is 9.73. The molecule has 0 unspecified atom stereocenters. The van der Waals surface area contributed by atoms with Crippen LogP contribution in [-0.4, -0.2) is 33.3 Å². The van der Waals surface area contributed by atoms with Gasteiger partial charge in [0, 0.05) is 37.1 Å². The number of benzene rings is 1. The fourth-order valence-corrected chi connectivity index (χ4v) is 3.03. The van der Waals surface area contributed by atoms with Crippen molar-refractivity contribution in [2.75, 3.05) is 13.2 Å². The summed E-state index contributed by atoms with van der Waals surface area (Å²) >= 11 is 0. The second-order valence-corrected chi connectivity index (χ2v) is 8.71. The number of rotatable bonds is 8. The number of nitrogens with zero attached hydrogens (tertiary/aromatic N) is 2. The molecule has 1 N–H and O–H groups in total. The summed E-state index contributed by atoms with van der Waals surface area (Å²) in [6.45, 7) is 17.2. The van der Waals surface area contributed by atoms with Crippen LogP contribution in [0.2, 0.25) is 0 Å². The van der Waals surface area contributed by atoms with E-state index in [2.05, 4.69) is 93.3 Å². The van der Waals surface area contributed by atoms with Gasteiger partial charge in [0.1, 0.15) is 0 Å². The highest BCUT2D eigenvalue weighted by Crippen LogP contribution is 2.23. The molecule has 3 nitrogen and oxygen atoms in total. The Labute approximate surface area is 159 Å². The summed E-state index contributed by atoms with van der Waals surface area (Å²) in [4.78, 5) is 2.26. The van der Waals surface area contributed by atoms with Crippen molar-refractivity contribution in [3.63, 3.8) is 0 Å². The van der Waals surface area contributed by atoms with Gasteiger partial charge in [0.25, 0.3) is 0 Å². The van der Waals surface area contributed by atoms with Crippen molar-refractivity contribution in [2.24, 2.45) is 0 Å². The van der Waals surface area contributed by atoms with E-state index in [-0.39, 0.29) is 17.6 Å². The maximum absolute atomic E-state index is 9.73. The van der Waals surface area contributed by atoms with Crippen LogP contribution in [0.1, 0.15) is 51.4 Å². The standard InChI is InChI=1S/C23H34N2O/c1-7-14-25(23(5,6)18-26)17-21-9-8-15-24(21)16-19-10-12-20(13-11-19)22(2,3)4/h7-13,15,26H,1,14,16-18H2,2-6H3. The fraction of sp³-hybridized carbons (Fsp3) is 0.478. The van der Waals surface area contributed by atoms with Crippen molar-refractivity contribution in [1.29, 1.82) is 0 Å². The highest BCUT2D eigenvalue weighted by molar-refractivity contribution is 5.28. The molecule has 26 heavy (non-hydrogen) atoms. The minimum atomic E-state index is -0.280. The van der Waals surface area contributed by atoms with E-state index in [1.807, 2.05) is 6.08 Å². The van der Waals surface area contributed by atoms with Crippen molar-refractivity contribution in [1.82, 2.24) is 9.47 Å². The van der Waals surface area contributed by atoms with E-state index >= 15 is 0 Å². The van der Waals surface area contributed by atoms with Crippen molar-refractivity contribution in [3.8, 4) is 0 Å². The quantitative estimate of drug-likeness (QED) is 0.702. The molecule has 0 atom stereocenters. The van der Waals surface area contributed by atoms with E-state index in [1.54, 1.807) is 0 Å². The van der Waals surface area contributed by atoms with E-state index in [9.17, 15) is 5.11 Å². The first-order valence-corrected chi connectivity index (χ1v) is 9.37. The summed E-state index contributed by atoms with van der Waals surface area (Å²) < 4.78 is 2.29. The summed E-state index contributed by atoms with van der Waals surface area (Å²) in [6, 6.07) is 13.2. The minimum absolute atomic E-state index is 0.121. The summed E-state index contributed by atoms with van der Waals surface area (Å²) in [7, 11) is 0. The van der Waals surface area contributed by atoms with Crippen molar-refractivity contribution in [2.45, 2.75) is 58.7 Å². The molecule has 0 bridgehead atoms. The van der Waals surface area contributed by atoms with Crippen LogP contribution in [0.3, 0.4) is 0 Å². The Hall–Kier alpha value is -1.84. The molecule has 0 radical (unpaired) electrons. The highest BCUT2D eigenvalue weighted by Gasteiger charge is 2.25. The summed E-state index contributed by atoms with van der Waals surface area (Å²) in [5.41, 5.74) is 3.80. The molecule has 0 aliphatic carbocycles. The van der Waals surface area contributed by atoms with Crippen molar-refractivity contribution in [3.05, 3.63) is 72.1 Å². The molecule has 142 valence electrons. The van der Waals surface area contributed by atoms with Crippen molar-refractivity contribution < 1.29 is 5.11 Å². The van der Waals surface area contributed by atoms with Crippen molar-refractivity contribution >= 4 is 0 Å². The van der Waals surface area contributed by atoms with Crippen LogP contribution in [-0.2, 0) is 18.5 Å². The SMILES string of the molecule is C=CCN(Cc1cccn1Cc1ccc(C(C)(C)C)cc1)C(C)(C)CO. The summed E-state index contributed by atoms with van der Waals surface area (Å²) in [6.07, 6.45) is 4.03. The van der Waals surface area contributed by atoms with Gasteiger partial charge in [-0.25, -0.2) is 0 Å². The molecule has 1 aromatic carbocycles. The third-order valence-corrected chi connectivity index (χ3v) is 5.04. The van der Waals surface area contributed by atoms with Crippen LogP contribution in [0.4, 0.5) is 0 Å². The second kappa shape index (κ2) is 8.24. The minimum Gasteiger partial charge on any atom is -0.394 e. The van der Waals surface area contributed by atoms with Crippen LogP contribution in [0.25, 0.3) is 0 Å². The predicted molar refractivity (Wildman–Crippen MR) is 110 cm³/mol. The molecule has 3 heteroatoms. The van der Waals surface area contributed by atoms with Gasteiger partial charge in [-0.3, -0.25) is 4.90 Å². The number of hydrogen-bond donors (Lipinski definition) is 1. The third kappa shape index (κ3) is 5.09. The van der Waals surface area contributed by atoms with Crippen LogP contribution in [0, 0.1) is 0 Å². The number of aliphatic hydroxyl groups excluding tert-OH is 1. The van der Waals surface area contributed by atoms with E-state index in [0.29, 0.717) is 0 Å². The molecule has 0 aliphatic rings. The topological polar surface area (TPSA) is 28.4 Å². The van der Waals surface area contributed by atoms with Gasteiger partial charge in [-0.2, -0.15) is 0 Å². The van der Waals surface area contributed by atoms with Crippen LogP contribution < -0.4 is 0 Å². The lowest BCUT2D eigenvalue weighted by Crippen LogP contribution is -2.46. The normalized spacial score (nSPS) is 12.6. The average Bonchev–Trinajstić information content (AvgIpc) is 3.01. The van der Waals surface area contributed by atoms with E-state index < -0.39 is 0 Å². The monoisotopic (exact) mass is 354 g/mol. The Kier molecular flexibility index (Phi) is 6.48. The molecule has 2 aromatic rings. The van der Waals surface area contributed by atoms with Gasteiger partial charge in [0.2, 0.25) is 0 Å². The van der Waals surface area contributed by atoms with Gasteiger partial charge in [-0.15, -0.1) is 6.58 Å². The summed E-state index contributed by atoms with van der Waals surface area (Å²) in [5.74, 6) is 0. The average molecular weight is 355 g/mol. The molecule has 0 aliphatic heterocycles. The Balaban J connectivity index is 2.16. The van der Waals surface area contributed by atoms with Gasteiger partial charge < -0.3 is 9.67 Å². The molecule has 0 saturated carbocycles. The Morgan fingerprint density at radius 2 is 1.73 bits per heavy atom. The lowest BCUT2D eigenvalue weighted by Gasteiger charge is -2.36. The molecular weight excluding hydrogens is 320 g/mol. The van der Waals surface area contributed by atoms with Gasteiger partial charge in [-0.1, -0.05) is 51.1 Å². The van der Waals surface area contributed by atoms with Gasteiger partial charge in [0.15, 0.2) is 0 Å².